The molecule has 0 saturated carbocycles. The molecule has 1 aliphatic rings. The standard InChI is InChI=1S/C17H27NO3/c1-7-11-10(3)16-14(12(8-2)15(11)19)13(18-20-6)9-17(4,5)21-16/h13,18-19H,7-9H2,1-6H3. The third-order valence-electron chi connectivity index (χ3n) is 4.32. The average Bonchev–Trinajstić information content (AvgIpc) is 2.40. The van der Waals surface area contributed by atoms with E-state index in [0.717, 1.165) is 47.3 Å². The second-order valence-electron chi connectivity index (χ2n) is 6.32. The first kappa shape index (κ1) is 16.1. The van der Waals surface area contributed by atoms with Gasteiger partial charge in [0.1, 0.15) is 17.1 Å². The molecule has 4 nitrogen and oxygen atoms in total. The predicted octanol–water partition coefficient (Wildman–Crippen LogP) is 3.58. The Hall–Kier alpha value is -1.26. The first-order valence-corrected chi connectivity index (χ1v) is 7.70. The highest BCUT2D eigenvalue weighted by molar-refractivity contribution is 5.60. The summed E-state index contributed by atoms with van der Waals surface area (Å²) >= 11 is 0. The summed E-state index contributed by atoms with van der Waals surface area (Å²) in [5.41, 5.74) is 6.85. The van der Waals surface area contributed by atoms with Crippen molar-refractivity contribution in [1.29, 1.82) is 0 Å². The Morgan fingerprint density at radius 1 is 1.29 bits per heavy atom. The van der Waals surface area contributed by atoms with Gasteiger partial charge in [0.15, 0.2) is 0 Å². The van der Waals surface area contributed by atoms with E-state index in [1.807, 2.05) is 6.92 Å². The SMILES string of the molecule is CCc1c(C)c2c(c(CC)c1O)C(NOC)CC(C)(C)O2. The van der Waals surface area contributed by atoms with Gasteiger partial charge in [0, 0.05) is 23.1 Å². The van der Waals surface area contributed by atoms with Gasteiger partial charge in [-0.2, -0.15) is 5.48 Å². The van der Waals surface area contributed by atoms with Crippen molar-refractivity contribution in [2.24, 2.45) is 0 Å². The second-order valence-corrected chi connectivity index (χ2v) is 6.32. The van der Waals surface area contributed by atoms with Gasteiger partial charge in [0.2, 0.25) is 0 Å². The van der Waals surface area contributed by atoms with Gasteiger partial charge in [0.25, 0.3) is 0 Å². The number of ether oxygens (including phenoxy) is 1. The van der Waals surface area contributed by atoms with Crippen LogP contribution in [0.4, 0.5) is 0 Å². The summed E-state index contributed by atoms with van der Waals surface area (Å²) in [6.45, 7) is 10.3. The van der Waals surface area contributed by atoms with Crippen molar-refractivity contribution in [1.82, 2.24) is 5.48 Å². The molecule has 1 heterocycles. The fourth-order valence-electron chi connectivity index (χ4n) is 3.41. The summed E-state index contributed by atoms with van der Waals surface area (Å²) in [7, 11) is 1.63. The number of fused-ring (bicyclic) bond motifs is 1. The zero-order chi connectivity index (χ0) is 15.8. The third-order valence-corrected chi connectivity index (χ3v) is 4.32. The number of aromatic hydroxyl groups is 1. The summed E-state index contributed by atoms with van der Waals surface area (Å²) in [6, 6.07) is 0.0270. The molecule has 1 aromatic carbocycles. The Balaban J connectivity index is 2.72. The van der Waals surface area contributed by atoms with Crippen LogP contribution in [0.2, 0.25) is 0 Å². The van der Waals surface area contributed by atoms with Crippen molar-refractivity contribution in [2.45, 2.75) is 65.5 Å². The quantitative estimate of drug-likeness (QED) is 0.833. The molecule has 1 unspecified atom stereocenters. The molecule has 0 amide bonds. The number of hydroxylamine groups is 1. The van der Waals surface area contributed by atoms with Gasteiger partial charge < -0.3 is 14.7 Å². The third kappa shape index (κ3) is 2.74. The van der Waals surface area contributed by atoms with E-state index in [0.29, 0.717) is 5.75 Å². The van der Waals surface area contributed by atoms with Crippen LogP contribution in [0.25, 0.3) is 0 Å². The molecule has 2 N–H and O–H groups in total. The van der Waals surface area contributed by atoms with Crippen LogP contribution in [-0.4, -0.2) is 17.8 Å². The Labute approximate surface area is 127 Å². The minimum atomic E-state index is -0.263. The maximum Gasteiger partial charge on any atom is 0.128 e. The Kier molecular flexibility index (Phi) is 4.49. The molecule has 0 aromatic heterocycles. The molecule has 1 aliphatic heterocycles. The van der Waals surface area contributed by atoms with Crippen LogP contribution < -0.4 is 10.2 Å². The van der Waals surface area contributed by atoms with Crippen molar-refractivity contribution < 1.29 is 14.7 Å². The largest absolute Gasteiger partial charge is 0.507 e. The van der Waals surface area contributed by atoms with E-state index in [1.54, 1.807) is 7.11 Å². The molecule has 118 valence electrons. The average molecular weight is 293 g/mol. The van der Waals surface area contributed by atoms with Crippen LogP contribution in [0, 0.1) is 6.92 Å². The monoisotopic (exact) mass is 293 g/mol. The van der Waals surface area contributed by atoms with Crippen LogP contribution in [0.1, 0.15) is 62.4 Å². The summed E-state index contributed by atoms with van der Waals surface area (Å²) < 4.78 is 6.26. The molecule has 0 radical (unpaired) electrons. The minimum Gasteiger partial charge on any atom is -0.507 e. The number of rotatable bonds is 4. The smallest absolute Gasteiger partial charge is 0.128 e. The first-order valence-electron chi connectivity index (χ1n) is 7.70. The van der Waals surface area contributed by atoms with Crippen LogP contribution in [-0.2, 0) is 17.7 Å². The molecule has 0 fully saturated rings. The van der Waals surface area contributed by atoms with Crippen molar-refractivity contribution in [3.8, 4) is 11.5 Å². The van der Waals surface area contributed by atoms with E-state index in [2.05, 4.69) is 33.2 Å². The molecule has 0 saturated heterocycles. The summed E-state index contributed by atoms with van der Waals surface area (Å²) in [6.07, 6.45) is 2.36. The van der Waals surface area contributed by atoms with Gasteiger partial charge >= 0.3 is 0 Å². The van der Waals surface area contributed by atoms with Crippen LogP contribution in [0.15, 0.2) is 0 Å². The lowest BCUT2D eigenvalue weighted by molar-refractivity contribution is 0.00197. The number of phenolic OH excluding ortho intramolecular Hbond substituents is 1. The van der Waals surface area contributed by atoms with Gasteiger partial charge in [0.05, 0.1) is 13.2 Å². The molecule has 0 aliphatic carbocycles. The summed E-state index contributed by atoms with van der Waals surface area (Å²) in [4.78, 5) is 5.18. The van der Waals surface area contributed by atoms with E-state index in [-0.39, 0.29) is 11.6 Å². The number of hydrogen-bond donors (Lipinski definition) is 2. The minimum absolute atomic E-state index is 0.0270. The number of benzene rings is 1. The molecule has 4 heteroatoms. The van der Waals surface area contributed by atoms with Crippen LogP contribution in [0.3, 0.4) is 0 Å². The number of hydrogen-bond acceptors (Lipinski definition) is 4. The highest BCUT2D eigenvalue weighted by Crippen LogP contribution is 2.48. The molecule has 1 aromatic rings. The normalized spacial score (nSPS) is 20.0. The predicted molar refractivity (Wildman–Crippen MR) is 83.8 cm³/mol. The van der Waals surface area contributed by atoms with E-state index >= 15 is 0 Å². The summed E-state index contributed by atoms with van der Waals surface area (Å²) in [5, 5.41) is 10.6. The zero-order valence-electron chi connectivity index (χ0n) is 14.0. The van der Waals surface area contributed by atoms with E-state index in [4.69, 9.17) is 9.57 Å². The van der Waals surface area contributed by atoms with Crippen molar-refractivity contribution in [3.63, 3.8) is 0 Å². The molecular formula is C17H27NO3. The van der Waals surface area contributed by atoms with E-state index < -0.39 is 0 Å². The van der Waals surface area contributed by atoms with Gasteiger partial charge in [-0.1, -0.05) is 13.8 Å². The molecule has 2 rings (SSSR count). The number of phenols is 1. The first-order chi connectivity index (χ1) is 9.86. The fourth-order valence-corrected chi connectivity index (χ4v) is 3.41. The lowest BCUT2D eigenvalue weighted by Crippen LogP contribution is -2.40. The maximum absolute atomic E-state index is 10.6. The number of nitrogens with one attached hydrogen (secondary N) is 1. The topological polar surface area (TPSA) is 50.7 Å². The Bertz CT molecular complexity index is 538. The van der Waals surface area contributed by atoms with Gasteiger partial charge in [-0.25, -0.2) is 0 Å². The lowest BCUT2D eigenvalue weighted by atomic mass is 9.83. The Morgan fingerprint density at radius 2 is 1.90 bits per heavy atom. The molecule has 21 heavy (non-hydrogen) atoms. The Morgan fingerprint density at radius 3 is 2.43 bits per heavy atom. The fraction of sp³-hybridized carbons (Fsp3) is 0.647. The molecule has 1 atom stereocenters. The zero-order valence-corrected chi connectivity index (χ0v) is 14.0. The van der Waals surface area contributed by atoms with Crippen LogP contribution in [0.5, 0.6) is 11.5 Å². The van der Waals surface area contributed by atoms with Gasteiger partial charge in [-0.15, -0.1) is 0 Å². The van der Waals surface area contributed by atoms with Gasteiger partial charge in [-0.3, -0.25) is 0 Å². The van der Waals surface area contributed by atoms with Crippen molar-refractivity contribution in [3.05, 3.63) is 22.3 Å². The van der Waals surface area contributed by atoms with E-state index in [9.17, 15) is 5.11 Å². The molecule has 0 bridgehead atoms. The van der Waals surface area contributed by atoms with Crippen LogP contribution >= 0.6 is 0 Å². The second kappa shape index (κ2) is 5.85. The maximum atomic E-state index is 10.6. The van der Waals surface area contributed by atoms with Gasteiger partial charge in [-0.05, 0) is 39.2 Å². The van der Waals surface area contributed by atoms with Crippen molar-refractivity contribution >= 4 is 0 Å². The molecule has 0 spiro atoms. The lowest BCUT2D eigenvalue weighted by Gasteiger charge is -2.40. The molecular weight excluding hydrogens is 266 g/mol. The highest BCUT2D eigenvalue weighted by atomic mass is 16.6. The van der Waals surface area contributed by atoms with Crippen molar-refractivity contribution in [2.75, 3.05) is 7.11 Å². The van der Waals surface area contributed by atoms with E-state index in [1.165, 1.54) is 0 Å². The highest BCUT2D eigenvalue weighted by Gasteiger charge is 2.38. The summed E-state index contributed by atoms with van der Waals surface area (Å²) in [5.74, 6) is 1.33.